The van der Waals surface area contributed by atoms with Crippen LogP contribution in [0.3, 0.4) is 0 Å². The molecule has 0 spiro atoms. The molecule has 0 saturated carbocycles. The third kappa shape index (κ3) is 2.83. The lowest BCUT2D eigenvalue weighted by molar-refractivity contribution is -0.116. The Balaban J connectivity index is 1.74. The van der Waals surface area contributed by atoms with Gasteiger partial charge in [-0.05, 0) is 35.7 Å². The molecule has 0 atom stereocenters. The Labute approximate surface area is 129 Å². The number of carbonyl (C=O) groups is 2. The maximum absolute atomic E-state index is 12.3. The van der Waals surface area contributed by atoms with Crippen molar-refractivity contribution in [3.05, 3.63) is 59.4 Å². The second kappa shape index (κ2) is 5.97. The fourth-order valence-electron chi connectivity index (χ4n) is 2.63. The largest absolute Gasteiger partial charge is 0.348 e. The summed E-state index contributed by atoms with van der Waals surface area (Å²) < 4.78 is 0. The number of anilines is 1. The number of nitrogens with zero attached hydrogens (tertiary/aromatic N) is 2. The summed E-state index contributed by atoms with van der Waals surface area (Å²) in [6.07, 6.45) is 4.26. The van der Waals surface area contributed by atoms with Gasteiger partial charge in [0.25, 0.3) is 5.91 Å². The number of fused-ring (bicyclic) bond motifs is 1. The van der Waals surface area contributed by atoms with Crippen LogP contribution in [-0.2, 0) is 17.8 Å². The van der Waals surface area contributed by atoms with E-state index in [0.717, 1.165) is 23.2 Å². The van der Waals surface area contributed by atoms with E-state index in [1.165, 1.54) is 0 Å². The van der Waals surface area contributed by atoms with E-state index in [1.807, 2.05) is 18.2 Å². The van der Waals surface area contributed by atoms with Gasteiger partial charge in [0.1, 0.15) is 0 Å². The molecule has 112 valence electrons. The van der Waals surface area contributed by atoms with Crippen LogP contribution in [0.4, 0.5) is 5.69 Å². The SMILES string of the molecule is CC(=O)N1CCc2ccc(C(=O)NCc3cccnc3)cc21. The highest BCUT2D eigenvalue weighted by Crippen LogP contribution is 2.29. The van der Waals surface area contributed by atoms with Crippen LogP contribution >= 0.6 is 0 Å². The second-order valence-electron chi connectivity index (χ2n) is 5.31. The van der Waals surface area contributed by atoms with Gasteiger partial charge in [-0.1, -0.05) is 12.1 Å². The molecule has 2 amide bonds. The molecular formula is C17H17N3O2. The van der Waals surface area contributed by atoms with E-state index >= 15 is 0 Å². The number of hydrogen-bond acceptors (Lipinski definition) is 3. The summed E-state index contributed by atoms with van der Waals surface area (Å²) in [6, 6.07) is 9.27. The molecule has 0 unspecified atom stereocenters. The van der Waals surface area contributed by atoms with Gasteiger partial charge < -0.3 is 10.2 Å². The second-order valence-corrected chi connectivity index (χ2v) is 5.31. The highest BCUT2D eigenvalue weighted by molar-refractivity contribution is 5.99. The van der Waals surface area contributed by atoms with Crippen LogP contribution in [0.2, 0.25) is 0 Å². The first-order valence-corrected chi connectivity index (χ1v) is 7.23. The number of carbonyl (C=O) groups excluding carboxylic acids is 2. The van der Waals surface area contributed by atoms with Crippen LogP contribution in [0, 0.1) is 0 Å². The molecule has 1 aromatic heterocycles. The van der Waals surface area contributed by atoms with Crippen LogP contribution in [0.15, 0.2) is 42.7 Å². The topological polar surface area (TPSA) is 62.3 Å². The van der Waals surface area contributed by atoms with Crippen molar-refractivity contribution in [3.8, 4) is 0 Å². The van der Waals surface area contributed by atoms with E-state index in [4.69, 9.17) is 0 Å². The summed E-state index contributed by atoms with van der Waals surface area (Å²) in [5.41, 5.74) is 3.47. The smallest absolute Gasteiger partial charge is 0.251 e. The zero-order valence-corrected chi connectivity index (χ0v) is 12.4. The number of pyridine rings is 1. The molecule has 1 N–H and O–H groups in total. The Bertz CT molecular complexity index is 713. The van der Waals surface area contributed by atoms with Gasteiger partial charge in [0.15, 0.2) is 0 Å². The Morgan fingerprint density at radius 1 is 1.32 bits per heavy atom. The molecule has 0 aliphatic carbocycles. The summed E-state index contributed by atoms with van der Waals surface area (Å²) in [6.45, 7) is 2.66. The van der Waals surface area contributed by atoms with Crippen molar-refractivity contribution in [2.75, 3.05) is 11.4 Å². The van der Waals surface area contributed by atoms with Crippen molar-refractivity contribution in [1.29, 1.82) is 0 Å². The maximum atomic E-state index is 12.3. The Hall–Kier alpha value is -2.69. The fraction of sp³-hybridized carbons (Fsp3) is 0.235. The first kappa shape index (κ1) is 14.3. The van der Waals surface area contributed by atoms with Crippen molar-refractivity contribution in [2.24, 2.45) is 0 Å². The molecule has 0 radical (unpaired) electrons. The van der Waals surface area contributed by atoms with Gasteiger partial charge in [-0.15, -0.1) is 0 Å². The number of nitrogens with one attached hydrogen (secondary N) is 1. The van der Waals surface area contributed by atoms with Gasteiger partial charge in [-0.25, -0.2) is 0 Å². The summed E-state index contributed by atoms with van der Waals surface area (Å²) >= 11 is 0. The number of rotatable bonds is 3. The van der Waals surface area contributed by atoms with E-state index in [0.29, 0.717) is 18.7 Å². The lowest BCUT2D eigenvalue weighted by Crippen LogP contribution is -2.26. The van der Waals surface area contributed by atoms with Crippen LogP contribution in [0.5, 0.6) is 0 Å². The Morgan fingerprint density at radius 3 is 2.91 bits per heavy atom. The molecule has 3 rings (SSSR count). The fourth-order valence-corrected chi connectivity index (χ4v) is 2.63. The van der Waals surface area contributed by atoms with Crippen molar-refractivity contribution in [2.45, 2.75) is 19.9 Å². The van der Waals surface area contributed by atoms with Crippen molar-refractivity contribution >= 4 is 17.5 Å². The Morgan fingerprint density at radius 2 is 2.18 bits per heavy atom. The number of hydrogen-bond donors (Lipinski definition) is 1. The first-order valence-electron chi connectivity index (χ1n) is 7.23. The van der Waals surface area contributed by atoms with Crippen molar-refractivity contribution in [1.82, 2.24) is 10.3 Å². The molecule has 1 aromatic carbocycles. The van der Waals surface area contributed by atoms with Gasteiger partial charge >= 0.3 is 0 Å². The van der Waals surface area contributed by atoms with E-state index in [1.54, 1.807) is 36.4 Å². The maximum Gasteiger partial charge on any atom is 0.251 e. The molecule has 1 aliphatic heterocycles. The van der Waals surface area contributed by atoms with Crippen LogP contribution in [0.25, 0.3) is 0 Å². The van der Waals surface area contributed by atoms with Gasteiger partial charge in [0.2, 0.25) is 5.91 Å². The quantitative estimate of drug-likeness (QED) is 0.941. The molecule has 0 bridgehead atoms. The lowest BCUT2D eigenvalue weighted by atomic mass is 10.1. The van der Waals surface area contributed by atoms with Gasteiger partial charge in [0.05, 0.1) is 0 Å². The molecular weight excluding hydrogens is 278 g/mol. The highest BCUT2D eigenvalue weighted by atomic mass is 16.2. The third-order valence-corrected chi connectivity index (χ3v) is 3.80. The highest BCUT2D eigenvalue weighted by Gasteiger charge is 2.23. The van der Waals surface area contributed by atoms with Crippen LogP contribution in [0.1, 0.15) is 28.4 Å². The van der Waals surface area contributed by atoms with Crippen LogP contribution < -0.4 is 10.2 Å². The molecule has 2 heterocycles. The minimum absolute atomic E-state index is 0.00617. The Kier molecular flexibility index (Phi) is 3.87. The van der Waals surface area contributed by atoms with E-state index < -0.39 is 0 Å². The molecule has 5 heteroatoms. The van der Waals surface area contributed by atoms with Gasteiger partial charge in [-0.2, -0.15) is 0 Å². The van der Waals surface area contributed by atoms with E-state index in [-0.39, 0.29) is 11.8 Å². The zero-order valence-electron chi connectivity index (χ0n) is 12.4. The molecule has 1 aliphatic rings. The van der Waals surface area contributed by atoms with Gasteiger partial charge in [-0.3, -0.25) is 14.6 Å². The minimum atomic E-state index is -0.151. The summed E-state index contributed by atoms with van der Waals surface area (Å²) in [5, 5.41) is 2.87. The van der Waals surface area contributed by atoms with Gasteiger partial charge in [0, 0.05) is 43.7 Å². The first-order chi connectivity index (χ1) is 10.6. The summed E-state index contributed by atoms with van der Waals surface area (Å²) in [4.78, 5) is 29.6. The molecule has 2 aromatic rings. The van der Waals surface area contributed by atoms with E-state index in [9.17, 15) is 9.59 Å². The molecule has 0 saturated heterocycles. The monoisotopic (exact) mass is 295 g/mol. The summed E-state index contributed by atoms with van der Waals surface area (Å²) in [7, 11) is 0. The lowest BCUT2D eigenvalue weighted by Gasteiger charge is -2.15. The molecule has 0 fully saturated rings. The molecule has 22 heavy (non-hydrogen) atoms. The van der Waals surface area contributed by atoms with E-state index in [2.05, 4.69) is 10.3 Å². The third-order valence-electron chi connectivity index (χ3n) is 3.80. The standard InChI is InChI=1S/C17H17N3O2/c1-12(21)20-8-6-14-4-5-15(9-16(14)20)17(22)19-11-13-3-2-7-18-10-13/h2-5,7,9-10H,6,8,11H2,1H3,(H,19,22). The van der Waals surface area contributed by atoms with Crippen molar-refractivity contribution in [3.63, 3.8) is 0 Å². The average Bonchev–Trinajstić information content (AvgIpc) is 2.96. The number of amides is 2. The molecule has 5 nitrogen and oxygen atoms in total. The number of aromatic nitrogens is 1. The zero-order chi connectivity index (χ0) is 15.5. The minimum Gasteiger partial charge on any atom is -0.348 e. The average molecular weight is 295 g/mol. The predicted molar refractivity (Wildman–Crippen MR) is 83.6 cm³/mol. The van der Waals surface area contributed by atoms with Crippen LogP contribution in [-0.4, -0.2) is 23.3 Å². The normalized spacial score (nSPS) is 12.9. The van der Waals surface area contributed by atoms with Crippen molar-refractivity contribution < 1.29 is 9.59 Å². The summed E-state index contributed by atoms with van der Waals surface area (Å²) in [5.74, 6) is -0.145. The number of benzene rings is 1. The predicted octanol–water partition coefficient (Wildman–Crippen LogP) is 1.92.